The van der Waals surface area contributed by atoms with E-state index in [0.29, 0.717) is 29.7 Å². The van der Waals surface area contributed by atoms with Crippen LogP contribution in [0.1, 0.15) is 42.9 Å². The third-order valence-electron chi connectivity index (χ3n) is 6.93. The van der Waals surface area contributed by atoms with Crippen molar-refractivity contribution in [2.24, 2.45) is 4.99 Å². The highest BCUT2D eigenvalue weighted by Crippen LogP contribution is 2.34. The van der Waals surface area contributed by atoms with Gasteiger partial charge in [-0.1, -0.05) is 61.5 Å². The Kier molecular flexibility index (Phi) is 9.51. The van der Waals surface area contributed by atoms with Crippen molar-refractivity contribution in [3.8, 4) is 22.8 Å². The molecule has 1 aliphatic heterocycles. The Labute approximate surface area is 254 Å². The number of alkyl halides is 1. The van der Waals surface area contributed by atoms with E-state index < -0.39 is 12.9 Å². The summed E-state index contributed by atoms with van der Waals surface area (Å²) in [7, 11) is 0. The number of anilines is 1. The number of nitrogens with one attached hydrogen (secondary N) is 1. The monoisotopic (exact) mass is 600 g/mol. The van der Waals surface area contributed by atoms with Crippen molar-refractivity contribution in [1.29, 1.82) is 0 Å². The number of amidine groups is 1. The SMILES string of the molecule is Cc1ccc(N2C(=O)CSC2=NC(=O)NCCCc2cccc(-c3ncn(-c4ccc(OCF)cc4)n3)c2)c(C(C)C)c1. The van der Waals surface area contributed by atoms with Crippen LogP contribution in [-0.4, -0.2) is 51.0 Å². The number of aromatic nitrogens is 3. The maximum absolute atomic E-state index is 12.7. The zero-order valence-corrected chi connectivity index (χ0v) is 25.1. The Bertz CT molecular complexity index is 1640. The number of aryl methyl sites for hydroxylation is 2. The molecule has 222 valence electrons. The molecule has 0 saturated carbocycles. The van der Waals surface area contributed by atoms with Gasteiger partial charge in [0.15, 0.2) is 11.0 Å². The molecular weight excluding hydrogens is 567 g/mol. The number of benzene rings is 3. The van der Waals surface area contributed by atoms with E-state index in [2.05, 4.69) is 40.3 Å². The van der Waals surface area contributed by atoms with Gasteiger partial charge in [-0.2, -0.15) is 4.99 Å². The van der Waals surface area contributed by atoms with Crippen molar-refractivity contribution in [3.05, 3.63) is 89.7 Å². The first-order valence-corrected chi connectivity index (χ1v) is 15.0. The zero-order valence-electron chi connectivity index (χ0n) is 24.3. The molecule has 9 nitrogen and oxygen atoms in total. The predicted molar refractivity (Wildman–Crippen MR) is 168 cm³/mol. The number of nitrogens with zero attached hydrogens (tertiary/aromatic N) is 5. The van der Waals surface area contributed by atoms with Gasteiger partial charge in [-0.25, -0.2) is 18.9 Å². The van der Waals surface area contributed by atoms with Crippen LogP contribution >= 0.6 is 11.8 Å². The van der Waals surface area contributed by atoms with Gasteiger partial charge in [0.1, 0.15) is 12.1 Å². The van der Waals surface area contributed by atoms with E-state index in [1.54, 1.807) is 40.2 Å². The molecule has 1 fully saturated rings. The number of hydrogen-bond donors (Lipinski definition) is 1. The smallest absolute Gasteiger partial charge is 0.343 e. The van der Waals surface area contributed by atoms with E-state index in [1.807, 2.05) is 43.3 Å². The van der Waals surface area contributed by atoms with Crippen LogP contribution < -0.4 is 15.0 Å². The molecule has 0 spiro atoms. The maximum atomic E-state index is 12.7. The summed E-state index contributed by atoms with van der Waals surface area (Å²) in [6.07, 6.45) is 3.08. The van der Waals surface area contributed by atoms with Crippen LogP contribution in [0.25, 0.3) is 17.1 Å². The number of rotatable bonds is 10. The average Bonchev–Trinajstić information content (AvgIpc) is 3.63. The second-order valence-electron chi connectivity index (χ2n) is 10.4. The van der Waals surface area contributed by atoms with E-state index >= 15 is 0 Å². The first kappa shape index (κ1) is 30.0. The van der Waals surface area contributed by atoms with Crippen molar-refractivity contribution in [2.45, 2.75) is 39.5 Å². The van der Waals surface area contributed by atoms with Gasteiger partial charge >= 0.3 is 6.03 Å². The predicted octanol–water partition coefficient (Wildman–Crippen LogP) is 6.45. The normalized spacial score (nSPS) is 14.1. The topological polar surface area (TPSA) is 102 Å². The number of thioether (sulfide) groups is 1. The van der Waals surface area contributed by atoms with Crippen molar-refractivity contribution >= 4 is 34.6 Å². The van der Waals surface area contributed by atoms with Crippen LogP contribution in [0.3, 0.4) is 0 Å². The minimum Gasteiger partial charge on any atom is -0.463 e. The molecule has 0 atom stereocenters. The fourth-order valence-electron chi connectivity index (χ4n) is 4.78. The van der Waals surface area contributed by atoms with E-state index in [-0.39, 0.29) is 17.6 Å². The van der Waals surface area contributed by atoms with Gasteiger partial charge in [0.05, 0.1) is 17.1 Å². The quantitative estimate of drug-likeness (QED) is 0.210. The average molecular weight is 601 g/mol. The third-order valence-corrected chi connectivity index (χ3v) is 7.85. The Morgan fingerprint density at radius 1 is 1.14 bits per heavy atom. The molecule has 11 heteroatoms. The minimum atomic E-state index is -0.877. The summed E-state index contributed by atoms with van der Waals surface area (Å²) < 4.78 is 18.9. The Hall–Kier alpha value is -4.51. The highest BCUT2D eigenvalue weighted by molar-refractivity contribution is 8.15. The van der Waals surface area contributed by atoms with Crippen molar-refractivity contribution in [3.63, 3.8) is 0 Å². The third kappa shape index (κ3) is 7.29. The zero-order chi connectivity index (χ0) is 30.3. The molecule has 1 aliphatic rings. The molecule has 1 aromatic heterocycles. The molecule has 5 rings (SSSR count). The highest BCUT2D eigenvalue weighted by atomic mass is 32.2. The fourth-order valence-corrected chi connectivity index (χ4v) is 5.64. The lowest BCUT2D eigenvalue weighted by molar-refractivity contribution is -0.115. The number of carbonyl (C=O) groups is 2. The van der Waals surface area contributed by atoms with E-state index in [1.165, 1.54) is 11.8 Å². The number of urea groups is 1. The van der Waals surface area contributed by atoms with Crippen LogP contribution in [0.4, 0.5) is 14.9 Å². The van der Waals surface area contributed by atoms with Crippen LogP contribution in [0.5, 0.6) is 5.75 Å². The maximum Gasteiger partial charge on any atom is 0.343 e. The molecule has 0 aliphatic carbocycles. The molecule has 3 amide bonds. The Morgan fingerprint density at radius 3 is 2.72 bits per heavy atom. The highest BCUT2D eigenvalue weighted by Gasteiger charge is 2.32. The first-order valence-electron chi connectivity index (χ1n) is 14.1. The standard InChI is InChI=1S/C32H33FN6O3S/c1-21(2)27-16-22(3)9-14-28(27)39-29(40)18-43-32(39)36-31(41)34-15-5-7-23-6-4-8-24(17-23)30-35-20-38(37-30)25-10-12-26(13-11-25)42-19-33/h4,6,8-14,16-17,20-21H,5,7,15,18-19H2,1-3H3,(H,34,41). The van der Waals surface area contributed by atoms with Crippen LogP contribution in [0.2, 0.25) is 0 Å². The summed E-state index contributed by atoms with van der Waals surface area (Å²) in [4.78, 5) is 35.7. The molecule has 2 heterocycles. The van der Waals surface area contributed by atoms with Gasteiger partial charge in [0.25, 0.3) is 0 Å². The number of halogens is 1. The molecule has 0 radical (unpaired) electrons. The molecular formula is C32H33FN6O3S. The Morgan fingerprint density at radius 2 is 1.95 bits per heavy atom. The van der Waals surface area contributed by atoms with Gasteiger partial charge in [-0.3, -0.25) is 9.69 Å². The second kappa shape index (κ2) is 13.6. The molecule has 4 aromatic rings. The van der Waals surface area contributed by atoms with E-state index in [4.69, 9.17) is 4.74 Å². The van der Waals surface area contributed by atoms with Gasteiger partial charge < -0.3 is 10.1 Å². The van der Waals surface area contributed by atoms with Gasteiger partial charge in [0, 0.05) is 12.1 Å². The summed E-state index contributed by atoms with van der Waals surface area (Å²) in [5.41, 5.74) is 5.69. The summed E-state index contributed by atoms with van der Waals surface area (Å²) in [6.45, 7) is 5.76. The number of ether oxygens (including phenoxy) is 1. The molecule has 43 heavy (non-hydrogen) atoms. The minimum absolute atomic E-state index is 0.0809. The van der Waals surface area contributed by atoms with Crippen LogP contribution in [0.15, 0.2) is 78.0 Å². The van der Waals surface area contributed by atoms with Crippen molar-refractivity contribution in [1.82, 2.24) is 20.1 Å². The lowest BCUT2D eigenvalue weighted by Crippen LogP contribution is -2.32. The lowest BCUT2D eigenvalue weighted by atomic mass is 9.98. The number of hydrogen-bond acceptors (Lipinski definition) is 6. The van der Waals surface area contributed by atoms with Crippen LogP contribution in [0, 0.1) is 6.92 Å². The van der Waals surface area contributed by atoms with Crippen molar-refractivity contribution in [2.75, 3.05) is 24.1 Å². The molecule has 3 aromatic carbocycles. The van der Waals surface area contributed by atoms with E-state index in [9.17, 15) is 14.0 Å². The van der Waals surface area contributed by atoms with Gasteiger partial charge in [0.2, 0.25) is 12.8 Å². The van der Waals surface area contributed by atoms with E-state index in [0.717, 1.165) is 40.0 Å². The molecule has 0 unspecified atom stereocenters. The summed E-state index contributed by atoms with van der Waals surface area (Å²) in [5, 5.41) is 7.83. The fraction of sp³-hybridized carbons (Fsp3) is 0.281. The number of aliphatic imine (C=N–C) groups is 1. The molecule has 1 saturated heterocycles. The summed E-state index contributed by atoms with van der Waals surface area (Å²) in [6, 6.07) is 20.4. The number of amides is 3. The molecule has 1 N–H and O–H groups in total. The van der Waals surface area contributed by atoms with Gasteiger partial charge in [-0.05, 0) is 73.2 Å². The molecule has 0 bridgehead atoms. The van der Waals surface area contributed by atoms with Crippen molar-refractivity contribution < 1.29 is 18.7 Å². The summed E-state index contributed by atoms with van der Waals surface area (Å²) >= 11 is 1.28. The number of carbonyl (C=O) groups excluding carboxylic acids is 2. The second-order valence-corrected chi connectivity index (χ2v) is 11.4. The lowest BCUT2D eigenvalue weighted by Gasteiger charge is -2.22. The first-order chi connectivity index (χ1) is 20.8. The van der Waals surface area contributed by atoms with Gasteiger partial charge in [-0.15, -0.1) is 5.10 Å². The Balaban J connectivity index is 1.17. The van der Waals surface area contributed by atoms with Crippen LogP contribution in [-0.2, 0) is 11.2 Å². The summed E-state index contributed by atoms with van der Waals surface area (Å²) in [5.74, 6) is 1.41. The largest absolute Gasteiger partial charge is 0.463 e.